The fourth-order valence-electron chi connectivity index (χ4n) is 2.62. The quantitative estimate of drug-likeness (QED) is 0.676. The summed E-state index contributed by atoms with van der Waals surface area (Å²) in [6.45, 7) is 4.12. The van der Waals surface area contributed by atoms with Gasteiger partial charge in [0.25, 0.3) is 0 Å². The second kappa shape index (κ2) is 4.39. The van der Waals surface area contributed by atoms with Gasteiger partial charge >= 0.3 is 0 Å². The van der Waals surface area contributed by atoms with Crippen LogP contribution in [0.25, 0.3) is 22.2 Å². The summed E-state index contributed by atoms with van der Waals surface area (Å²) in [5.74, 6) is 0. The molecule has 0 fully saturated rings. The first-order valence-corrected chi connectivity index (χ1v) is 6.35. The van der Waals surface area contributed by atoms with Crippen LogP contribution in [-0.2, 0) is 0 Å². The normalized spacial score (nSPS) is 10.8. The number of fused-ring (bicyclic) bond motifs is 1. The molecule has 0 spiro atoms. The summed E-state index contributed by atoms with van der Waals surface area (Å²) in [4.78, 5) is 14.7. The Morgan fingerprint density at radius 3 is 2.42 bits per heavy atom. The highest BCUT2D eigenvalue weighted by Gasteiger charge is 2.13. The smallest absolute Gasteiger partial charge is 0.150 e. The first kappa shape index (κ1) is 11.7. The second-order valence-electron chi connectivity index (χ2n) is 4.83. The lowest BCUT2D eigenvalue weighted by Crippen LogP contribution is -1.85. The average Bonchev–Trinajstić information content (AvgIpc) is 2.80. The van der Waals surface area contributed by atoms with E-state index in [1.807, 2.05) is 30.3 Å². The molecule has 0 unspecified atom stereocenters. The van der Waals surface area contributed by atoms with E-state index in [2.05, 4.69) is 31.0 Å². The summed E-state index contributed by atoms with van der Waals surface area (Å²) in [6, 6.07) is 14.1. The Balaban J connectivity index is 2.38. The number of carbonyl (C=O) groups excluding carboxylic acids is 1. The van der Waals surface area contributed by atoms with Gasteiger partial charge < -0.3 is 4.98 Å². The number of carbonyl (C=O) groups is 1. The molecule has 0 saturated heterocycles. The van der Waals surface area contributed by atoms with E-state index in [0.717, 1.165) is 45.1 Å². The molecule has 2 heteroatoms. The fourth-order valence-corrected chi connectivity index (χ4v) is 2.62. The van der Waals surface area contributed by atoms with E-state index in [0.29, 0.717) is 0 Å². The maximum atomic E-state index is 11.2. The van der Waals surface area contributed by atoms with Gasteiger partial charge in [0.1, 0.15) is 0 Å². The fraction of sp³-hybridized carbons (Fsp3) is 0.118. The molecule has 0 saturated carbocycles. The van der Waals surface area contributed by atoms with Crippen LogP contribution in [0.4, 0.5) is 0 Å². The minimum Gasteiger partial charge on any atom is -0.354 e. The predicted molar refractivity (Wildman–Crippen MR) is 78.6 cm³/mol. The summed E-state index contributed by atoms with van der Waals surface area (Å²) >= 11 is 0. The molecular weight excluding hydrogens is 234 g/mol. The highest BCUT2D eigenvalue weighted by atomic mass is 16.1. The molecular formula is C17H15NO. The minimum atomic E-state index is 0.747. The molecule has 3 rings (SSSR count). The molecule has 0 bridgehead atoms. The Morgan fingerprint density at radius 2 is 1.74 bits per heavy atom. The molecule has 1 aromatic heterocycles. The van der Waals surface area contributed by atoms with Gasteiger partial charge in [0.2, 0.25) is 0 Å². The SMILES string of the molecule is Cc1ccc(C=O)c2c(C)c(-c3ccccc3)[nH]c12. The van der Waals surface area contributed by atoms with E-state index >= 15 is 0 Å². The Hall–Kier alpha value is -2.35. The zero-order chi connectivity index (χ0) is 13.4. The lowest BCUT2D eigenvalue weighted by Gasteiger charge is -2.00. The van der Waals surface area contributed by atoms with Crippen molar-refractivity contribution in [2.24, 2.45) is 0 Å². The number of H-pyrrole nitrogens is 1. The molecule has 0 aliphatic heterocycles. The van der Waals surface area contributed by atoms with Crippen molar-refractivity contribution >= 4 is 17.2 Å². The van der Waals surface area contributed by atoms with Gasteiger partial charge in [0.05, 0.1) is 0 Å². The third-order valence-electron chi connectivity index (χ3n) is 3.64. The standard InChI is InChI=1S/C17H15NO/c1-11-8-9-14(10-19)15-12(2)17(18-16(11)15)13-6-4-3-5-7-13/h3-10,18H,1-2H3. The molecule has 3 aromatic rings. The summed E-state index contributed by atoms with van der Waals surface area (Å²) in [5.41, 5.74) is 6.33. The van der Waals surface area contributed by atoms with Crippen molar-refractivity contribution in [2.45, 2.75) is 13.8 Å². The Morgan fingerprint density at radius 1 is 1.00 bits per heavy atom. The molecule has 1 N–H and O–H groups in total. The molecule has 0 aliphatic rings. The van der Waals surface area contributed by atoms with Crippen LogP contribution in [0.15, 0.2) is 42.5 Å². The Labute approximate surface area is 112 Å². The monoisotopic (exact) mass is 249 g/mol. The molecule has 0 radical (unpaired) electrons. The topological polar surface area (TPSA) is 32.9 Å². The molecule has 2 aromatic carbocycles. The van der Waals surface area contributed by atoms with Gasteiger partial charge in [-0.3, -0.25) is 4.79 Å². The number of aromatic nitrogens is 1. The van der Waals surface area contributed by atoms with E-state index in [4.69, 9.17) is 0 Å². The lowest BCUT2D eigenvalue weighted by molar-refractivity contribution is 0.112. The molecule has 94 valence electrons. The van der Waals surface area contributed by atoms with Gasteiger partial charge in [-0.05, 0) is 30.5 Å². The third kappa shape index (κ3) is 1.76. The number of aromatic amines is 1. The first-order valence-electron chi connectivity index (χ1n) is 6.35. The molecule has 0 atom stereocenters. The summed E-state index contributed by atoms with van der Waals surface area (Å²) < 4.78 is 0. The van der Waals surface area contributed by atoms with Crippen LogP contribution in [0.3, 0.4) is 0 Å². The first-order chi connectivity index (χ1) is 9.22. The van der Waals surface area contributed by atoms with Crippen LogP contribution >= 0.6 is 0 Å². The number of rotatable bonds is 2. The van der Waals surface area contributed by atoms with Gasteiger partial charge in [-0.2, -0.15) is 0 Å². The summed E-state index contributed by atoms with van der Waals surface area (Å²) in [6.07, 6.45) is 0.928. The van der Waals surface area contributed by atoms with E-state index in [-0.39, 0.29) is 0 Å². The van der Waals surface area contributed by atoms with Crippen molar-refractivity contribution in [3.8, 4) is 11.3 Å². The molecule has 1 heterocycles. The molecule has 19 heavy (non-hydrogen) atoms. The Bertz CT molecular complexity index is 754. The highest BCUT2D eigenvalue weighted by molar-refractivity contribution is 6.03. The third-order valence-corrected chi connectivity index (χ3v) is 3.64. The number of hydrogen-bond donors (Lipinski definition) is 1. The average molecular weight is 249 g/mol. The number of aldehydes is 1. The van der Waals surface area contributed by atoms with Crippen molar-refractivity contribution in [2.75, 3.05) is 0 Å². The van der Waals surface area contributed by atoms with E-state index in [1.165, 1.54) is 0 Å². The highest BCUT2D eigenvalue weighted by Crippen LogP contribution is 2.32. The van der Waals surface area contributed by atoms with Crippen molar-refractivity contribution in [1.82, 2.24) is 4.98 Å². The number of aryl methyl sites for hydroxylation is 2. The van der Waals surface area contributed by atoms with Crippen LogP contribution in [0.5, 0.6) is 0 Å². The van der Waals surface area contributed by atoms with Crippen LogP contribution in [0.2, 0.25) is 0 Å². The van der Waals surface area contributed by atoms with E-state index in [1.54, 1.807) is 0 Å². The van der Waals surface area contributed by atoms with Gasteiger partial charge in [-0.15, -0.1) is 0 Å². The second-order valence-corrected chi connectivity index (χ2v) is 4.83. The molecule has 0 amide bonds. The van der Waals surface area contributed by atoms with Crippen molar-refractivity contribution in [3.63, 3.8) is 0 Å². The van der Waals surface area contributed by atoms with Crippen molar-refractivity contribution in [1.29, 1.82) is 0 Å². The number of benzene rings is 2. The maximum absolute atomic E-state index is 11.2. The minimum absolute atomic E-state index is 0.747. The summed E-state index contributed by atoms with van der Waals surface area (Å²) in [5, 5.41) is 1.04. The van der Waals surface area contributed by atoms with E-state index in [9.17, 15) is 4.79 Å². The number of nitrogens with one attached hydrogen (secondary N) is 1. The van der Waals surface area contributed by atoms with Crippen LogP contribution in [0, 0.1) is 13.8 Å². The van der Waals surface area contributed by atoms with Gasteiger partial charge in [-0.25, -0.2) is 0 Å². The largest absolute Gasteiger partial charge is 0.354 e. The zero-order valence-electron chi connectivity index (χ0n) is 11.0. The summed E-state index contributed by atoms with van der Waals surface area (Å²) in [7, 11) is 0. The van der Waals surface area contributed by atoms with Crippen molar-refractivity contribution < 1.29 is 4.79 Å². The lowest BCUT2D eigenvalue weighted by atomic mass is 10.0. The predicted octanol–water partition coefficient (Wildman–Crippen LogP) is 4.26. The van der Waals surface area contributed by atoms with E-state index < -0.39 is 0 Å². The molecule has 0 aliphatic carbocycles. The van der Waals surface area contributed by atoms with Crippen LogP contribution in [0.1, 0.15) is 21.5 Å². The van der Waals surface area contributed by atoms with Gasteiger partial charge in [0.15, 0.2) is 6.29 Å². The molecule has 2 nitrogen and oxygen atoms in total. The van der Waals surface area contributed by atoms with Crippen LogP contribution in [-0.4, -0.2) is 11.3 Å². The number of hydrogen-bond acceptors (Lipinski definition) is 1. The maximum Gasteiger partial charge on any atom is 0.150 e. The van der Waals surface area contributed by atoms with Crippen LogP contribution < -0.4 is 0 Å². The van der Waals surface area contributed by atoms with Gasteiger partial charge in [0, 0.05) is 22.2 Å². The van der Waals surface area contributed by atoms with Gasteiger partial charge in [-0.1, -0.05) is 42.5 Å². The Kier molecular flexibility index (Phi) is 2.71. The zero-order valence-corrected chi connectivity index (χ0v) is 11.0. The van der Waals surface area contributed by atoms with Crippen molar-refractivity contribution in [3.05, 3.63) is 59.2 Å².